The Bertz CT molecular complexity index is 1500. The average Bonchev–Trinajstić information content (AvgIpc) is 3.53. The average molecular weight is 598 g/mol. The Balaban J connectivity index is 1.46. The van der Waals surface area contributed by atoms with Gasteiger partial charge in [0.25, 0.3) is 0 Å². The molecule has 12 heteroatoms. The summed E-state index contributed by atoms with van der Waals surface area (Å²) < 4.78 is 17.6. The summed E-state index contributed by atoms with van der Waals surface area (Å²) in [5.41, 5.74) is -3.43. The Morgan fingerprint density at radius 2 is 1.79 bits per heavy atom. The minimum atomic E-state index is -2.22. The molecule has 0 unspecified atom stereocenters. The van der Waals surface area contributed by atoms with Gasteiger partial charge >= 0.3 is 0 Å². The zero-order valence-corrected chi connectivity index (χ0v) is 23.9. The smallest absolute Gasteiger partial charge is 0.202 e. The van der Waals surface area contributed by atoms with Crippen molar-refractivity contribution in [1.29, 1.82) is 0 Å². The van der Waals surface area contributed by atoms with Crippen molar-refractivity contribution < 1.29 is 54.1 Å². The van der Waals surface area contributed by atoms with Crippen molar-refractivity contribution >= 4 is 17.3 Å². The monoisotopic (exact) mass is 597 g/mol. The first-order valence-corrected chi connectivity index (χ1v) is 14.5. The molecule has 5 N–H and O–H groups in total. The third-order valence-corrected chi connectivity index (χ3v) is 9.34. The number of phenolic OH excluding ortho intramolecular Hbond substituents is 2. The highest BCUT2D eigenvalue weighted by atomic mass is 16.7. The van der Waals surface area contributed by atoms with Crippen LogP contribution < -0.4 is 4.74 Å². The van der Waals surface area contributed by atoms with Crippen molar-refractivity contribution in [3.63, 3.8) is 0 Å². The van der Waals surface area contributed by atoms with Crippen LogP contribution in [0.4, 0.5) is 0 Å². The van der Waals surface area contributed by atoms with Crippen molar-refractivity contribution in [1.82, 2.24) is 4.90 Å². The highest BCUT2D eigenvalue weighted by molar-refractivity contribution is 6.31. The van der Waals surface area contributed by atoms with E-state index in [1.807, 2.05) is 0 Å². The lowest BCUT2D eigenvalue weighted by atomic mass is 9.72. The summed E-state index contributed by atoms with van der Waals surface area (Å²) in [7, 11) is 1.34. The van der Waals surface area contributed by atoms with Crippen molar-refractivity contribution in [3.8, 4) is 17.2 Å². The van der Waals surface area contributed by atoms with E-state index >= 15 is 0 Å². The number of aromatic hydroxyl groups is 2. The number of aliphatic hydroxyl groups excluding tert-OH is 2. The number of ether oxygens (including phenoxy) is 3. The Kier molecular flexibility index (Phi) is 7.56. The van der Waals surface area contributed by atoms with Crippen LogP contribution in [0.25, 0.3) is 0 Å². The quantitative estimate of drug-likeness (QED) is 0.256. The fourth-order valence-corrected chi connectivity index (χ4v) is 7.13. The SMILES string of the molecule is COc1cccc2c1C(=O)c1c(O)c3c(c(O)c1C2=O)C[C@@](O)(C(=O)CO)C[C@@H]3O[C@H]1C[C@H](N2CCCC2)[C@H](O)[C@H](C)O1. The number of aliphatic hydroxyl groups is 3. The van der Waals surface area contributed by atoms with Gasteiger partial charge in [-0.05, 0) is 38.9 Å². The first kappa shape index (κ1) is 29.7. The summed E-state index contributed by atoms with van der Waals surface area (Å²) in [6, 6.07) is 4.14. The van der Waals surface area contributed by atoms with Gasteiger partial charge in [0.1, 0.15) is 29.5 Å². The molecular formula is C31H35NO11. The molecular weight excluding hydrogens is 562 g/mol. The zero-order valence-electron chi connectivity index (χ0n) is 23.9. The maximum Gasteiger partial charge on any atom is 0.202 e. The van der Waals surface area contributed by atoms with Crippen molar-refractivity contribution in [2.24, 2.45) is 0 Å². The molecule has 6 rings (SSSR count). The molecule has 0 amide bonds. The number of fused-ring (bicyclic) bond motifs is 3. The highest BCUT2D eigenvalue weighted by Gasteiger charge is 2.50. The second kappa shape index (κ2) is 11.0. The van der Waals surface area contributed by atoms with Gasteiger partial charge in [-0.15, -0.1) is 0 Å². The molecule has 2 aliphatic carbocycles. The summed E-state index contributed by atoms with van der Waals surface area (Å²) in [6.07, 6.45) is -2.41. The van der Waals surface area contributed by atoms with E-state index in [-0.39, 0.29) is 40.5 Å². The number of nitrogens with zero attached hydrogens (tertiary/aromatic N) is 1. The van der Waals surface area contributed by atoms with Gasteiger partial charge < -0.3 is 39.7 Å². The summed E-state index contributed by atoms with van der Waals surface area (Å²) in [5.74, 6) is -3.61. The lowest BCUT2D eigenvalue weighted by molar-refractivity contribution is -0.257. The number of Topliss-reactive ketones (excluding diaryl/α,β-unsaturated/α-hetero) is 1. The Hall–Kier alpha value is -3.39. The molecule has 0 saturated carbocycles. The second-order valence-electron chi connectivity index (χ2n) is 11.8. The first-order chi connectivity index (χ1) is 20.5. The fraction of sp³-hybridized carbons (Fsp3) is 0.516. The first-order valence-electron chi connectivity index (χ1n) is 14.5. The van der Waals surface area contributed by atoms with Gasteiger partial charge in [0.05, 0.1) is 42.1 Å². The van der Waals surface area contributed by atoms with Crippen LogP contribution in [0.1, 0.15) is 81.7 Å². The summed E-state index contributed by atoms with van der Waals surface area (Å²) in [6.45, 7) is 2.32. The molecule has 2 fully saturated rings. The number of benzene rings is 2. The summed E-state index contributed by atoms with van der Waals surface area (Å²) in [5, 5.41) is 55.1. The molecule has 2 aromatic rings. The number of likely N-dealkylation sites (tertiary alicyclic amines) is 1. The maximum absolute atomic E-state index is 13.8. The highest BCUT2D eigenvalue weighted by Crippen LogP contribution is 2.52. The lowest BCUT2D eigenvalue weighted by Gasteiger charge is -2.44. The molecule has 6 atom stereocenters. The van der Waals surface area contributed by atoms with E-state index < -0.39 is 89.6 Å². The van der Waals surface area contributed by atoms with E-state index in [1.165, 1.54) is 25.3 Å². The van der Waals surface area contributed by atoms with Gasteiger partial charge in [-0.25, -0.2) is 0 Å². The van der Waals surface area contributed by atoms with Crippen LogP contribution in [0.5, 0.6) is 17.2 Å². The predicted octanol–water partition coefficient (Wildman–Crippen LogP) is 1.14. The normalized spacial score (nSPS) is 30.5. The van der Waals surface area contributed by atoms with Crippen molar-refractivity contribution in [2.75, 3.05) is 26.8 Å². The van der Waals surface area contributed by atoms with Crippen LogP contribution in [-0.4, -0.2) is 105 Å². The van der Waals surface area contributed by atoms with Crippen LogP contribution in [0.15, 0.2) is 18.2 Å². The standard InChI is InChI=1S/C31H35NO11/c1-14-26(35)17(32-8-3-4-9-32)10-21(42-14)43-19-12-31(40,20(34)13-33)11-16-23(19)30(39)25-24(28(16)37)27(36)15-6-5-7-18(41-2)22(15)29(25)38/h5-7,14,17,19,21,26,33,35,37,39-40H,3-4,8-13H2,1-2H3/t14-,17-,19-,21-,26+,31-/m0/s1. The van der Waals surface area contributed by atoms with Crippen LogP contribution >= 0.6 is 0 Å². The van der Waals surface area contributed by atoms with Gasteiger partial charge in [-0.3, -0.25) is 19.3 Å². The van der Waals surface area contributed by atoms with Crippen LogP contribution in [0.2, 0.25) is 0 Å². The van der Waals surface area contributed by atoms with Gasteiger partial charge in [-0.1, -0.05) is 12.1 Å². The molecule has 230 valence electrons. The number of methoxy groups -OCH3 is 1. The van der Waals surface area contributed by atoms with Gasteiger partial charge in [0, 0.05) is 42.0 Å². The van der Waals surface area contributed by atoms with Crippen molar-refractivity contribution in [2.45, 2.75) is 75.3 Å². The fourth-order valence-electron chi connectivity index (χ4n) is 7.13. The molecule has 2 aliphatic heterocycles. The molecule has 0 bridgehead atoms. The molecule has 0 spiro atoms. The molecule has 0 radical (unpaired) electrons. The van der Waals surface area contributed by atoms with E-state index in [0.717, 1.165) is 25.9 Å². The molecule has 4 aliphatic rings. The van der Waals surface area contributed by atoms with Gasteiger partial charge in [0.2, 0.25) is 5.78 Å². The van der Waals surface area contributed by atoms with Crippen molar-refractivity contribution in [3.05, 3.63) is 51.6 Å². The third-order valence-electron chi connectivity index (χ3n) is 9.34. The maximum atomic E-state index is 13.8. The zero-order chi connectivity index (χ0) is 30.8. The Morgan fingerprint density at radius 3 is 2.47 bits per heavy atom. The number of carbonyl (C=O) groups excluding carboxylic acids is 3. The van der Waals surface area contributed by atoms with E-state index in [0.29, 0.717) is 0 Å². The minimum Gasteiger partial charge on any atom is -0.507 e. The van der Waals surface area contributed by atoms with E-state index in [4.69, 9.17) is 14.2 Å². The van der Waals surface area contributed by atoms with Crippen LogP contribution in [0.3, 0.4) is 0 Å². The number of hydrogen-bond acceptors (Lipinski definition) is 12. The Morgan fingerprint density at radius 1 is 1.09 bits per heavy atom. The molecule has 2 heterocycles. The largest absolute Gasteiger partial charge is 0.507 e. The van der Waals surface area contributed by atoms with Gasteiger partial charge in [0.15, 0.2) is 17.9 Å². The Labute approximate surface area is 247 Å². The number of rotatable bonds is 6. The van der Waals surface area contributed by atoms with Gasteiger partial charge in [-0.2, -0.15) is 0 Å². The van der Waals surface area contributed by atoms with E-state index in [9.17, 15) is 39.9 Å². The molecule has 2 saturated heterocycles. The molecule has 43 heavy (non-hydrogen) atoms. The predicted molar refractivity (Wildman–Crippen MR) is 148 cm³/mol. The summed E-state index contributed by atoms with van der Waals surface area (Å²) in [4.78, 5) is 42.4. The van der Waals surface area contributed by atoms with E-state index in [1.54, 1.807) is 6.92 Å². The molecule has 2 aromatic carbocycles. The number of phenols is 2. The minimum absolute atomic E-state index is 0.0343. The summed E-state index contributed by atoms with van der Waals surface area (Å²) >= 11 is 0. The van der Waals surface area contributed by atoms with Crippen LogP contribution in [-0.2, 0) is 20.7 Å². The number of hydrogen-bond donors (Lipinski definition) is 5. The third kappa shape index (κ3) is 4.64. The molecule has 0 aromatic heterocycles. The lowest BCUT2D eigenvalue weighted by Crippen LogP contribution is -2.55. The molecule has 12 nitrogen and oxygen atoms in total. The van der Waals surface area contributed by atoms with E-state index in [2.05, 4.69) is 4.90 Å². The van der Waals surface area contributed by atoms with Crippen LogP contribution in [0, 0.1) is 0 Å². The topological polar surface area (TPSA) is 183 Å². The number of carbonyl (C=O) groups is 3. The second-order valence-corrected chi connectivity index (χ2v) is 11.8. The number of ketones is 3.